The normalized spacial score (nSPS) is 12.7. The Morgan fingerprint density at radius 3 is 2.30 bits per heavy atom. The number of likely N-dealkylation sites (N-methyl/N-ethyl adjacent to an activating group) is 1. The number of aromatic hydroxyl groups is 1. The molecule has 1 amide bonds. The van der Waals surface area contributed by atoms with Crippen LogP contribution in [0.25, 0.3) is 0 Å². The number of hydrogen-bond acceptors (Lipinski definition) is 3. The molecule has 0 aliphatic heterocycles. The van der Waals surface area contributed by atoms with Gasteiger partial charge in [0.15, 0.2) is 0 Å². The van der Waals surface area contributed by atoms with E-state index in [1.807, 2.05) is 26.0 Å². The second-order valence-corrected chi connectivity index (χ2v) is 5.30. The molecular weight excluding hydrogens is 252 g/mol. The Morgan fingerprint density at radius 1 is 1.25 bits per heavy atom. The molecule has 20 heavy (non-hydrogen) atoms. The average Bonchev–Trinajstić information content (AvgIpc) is 2.39. The molecule has 0 fully saturated rings. The van der Waals surface area contributed by atoms with Crippen LogP contribution in [0.5, 0.6) is 5.75 Å². The number of nitrogens with zero attached hydrogens (tertiary/aromatic N) is 1. The van der Waals surface area contributed by atoms with Crippen LogP contribution in [-0.4, -0.2) is 35.0 Å². The first-order valence-corrected chi connectivity index (χ1v) is 7.30. The number of phenols is 1. The summed E-state index contributed by atoms with van der Waals surface area (Å²) >= 11 is 0. The van der Waals surface area contributed by atoms with Crippen molar-refractivity contribution in [2.75, 3.05) is 13.1 Å². The van der Waals surface area contributed by atoms with Crippen LogP contribution in [-0.2, 0) is 4.79 Å². The molecule has 0 heterocycles. The number of rotatable bonds is 7. The number of benzene rings is 1. The largest absolute Gasteiger partial charge is 0.508 e. The first-order valence-electron chi connectivity index (χ1n) is 7.30. The molecule has 0 aliphatic rings. The lowest BCUT2D eigenvalue weighted by atomic mass is 10.0. The summed E-state index contributed by atoms with van der Waals surface area (Å²) in [6.45, 7) is 9.31. The monoisotopic (exact) mass is 278 g/mol. The Hall–Kier alpha value is -1.55. The van der Waals surface area contributed by atoms with Gasteiger partial charge in [0.2, 0.25) is 5.91 Å². The Bertz CT molecular complexity index is 415. The standard InChI is InChI=1S/C16H26N2O2/c1-5-15(13-7-9-14(19)10-8-13)18(6-2)11-16(20)17-12(3)4/h7-10,12,15,19H,5-6,11H2,1-4H3,(H,17,20). The minimum absolute atomic E-state index is 0.0547. The number of nitrogens with one attached hydrogen (secondary N) is 1. The summed E-state index contributed by atoms with van der Waals surface area (Å²) in [6.07, 6.45) is 0.924. The predicted octanol–water partition coefficient (Wildman–Crippen LogP) is 2.69. The van der Waals surface area contributed by atoms with Crippen molar-refractivity contribution in [2.45, 2.75) is 46.2 Å². The smallest absolute Gasteiger partial charge is 0.234 e. The molecule has 112 valence electrons. The van der Waals surface area contributed by atoms with Gasteiger partial charge in [0.1, 0.15) is 5.75 Å². The van der Waals surface area contributed by atoms with Gasteiger partial charge in [-0.2, -0.15) is 0 Å². The molecular formula is C16H26N2O2. The summed E-state index contributed by atoms with van der Waals surface area (Å²) in [5, 5.41) is 12.3. The zero-order valence-electron chi connectivity index (χ0n) is 12.9. The Morgan fingerprint density at radius 2 is 1.85 bits per heavy atom. The van der Waals surface area contributed by atoms with Gasteiger partial charge >= 0.3 is 0 Å². The van der Waals surface area contributed by atoms with Gasteiger partial charge in [-0.3, -0.25) is 9.69 Å². The Labute approximate surface area is 121 Å². The second-order valence-electron chi connectivity index (χ2n) is 5.30. The summed E-state index contributed by atoms with van der Waals surface area (Å²) in [6, 6.07) is 7.59. The van der Waals surface area contributed by atoms with Crippen LogP contribution in [0, 0.1) is 0 Å². The van der Waals surface area contributed by atoms with Gasteiger partial charge in [0, 0.05) is 12.1 Å². The topological polar surface area (TPSA) is 52.6 Å². The molecule has 0 spiro atoms. The molecule has 1 aromatic rings. The maximum absolute atomic E-state index is 11.9. The van der Waals surface area contributed by atoms with Crippen LogP contribution in [0.2, 0.25) is 0 Å². The molecule has 0 saturated carbocycles. The molecule has 1 aromatic carbocycles. The first kappa shape index (κ1) is 16.5. The predicted molar refractivity (Wildman–Crippen MR) is 81.7 cm³/mol. The van der Waals surface area contributed by atoms with Crippen molar-refractivity contribution >= 4 is 5.91 Å². The van der Waals surface area contributed by atoms with Crippen LogP contribution in [0.1, 0.15) is 45.7 Å². The quantitative estimate of drug-likeness (QED) is 0.806. The molecule has 1 unspecified atom stereocenters. The fourth-order valence-electron chi connectivity index (χ4n) is 2.40. The van der Waals surface area contributed by atoms with Gasteiger partial charge in [0.05, 0.1) is 6.54 Å². The third kappa shape index (κ3) is 4.85. The molecule has 0 aliphatic carbocycles. The van der Waals surface area contributed by atoms with E-state index in [1.54, 1.807) is 12.1 Å². The van der Waals surface area contributed by atoms with E-state index in [0.717, 1.165) is 18.5 Å². The number of carbonyl (C=O) groups is 1. The number of carbonyl (C=O) groups excluding carboxylic acids is 1. The number of amides is 1. The van der Waals surface area contributed by atoms with Gasteiger partial charge in [-0.05, 0) is 44.5 Å². The van der Waals surface area contributed by atoms with Gasteiger partial charge in [-0.1, -0.05) is 26.0 Å². The SMILES string of the molecule is CCC(c1ccc(O)cc1)N(CC)CC(=O)NC(C)C. The molecule has 0 radical (unpaired) electrons. The van der Waals surface area contributed by atoms with E-state index in [1.165, 1.54) is 0 Å². The van der Waals surface area contributed by atoms with Gasteiger partial charge in [-0.25, -0.2) is 0 Å². The van der Waals surface area contributed by atoms with Crippen LogP contribution in [0.3, 0.4) is 0 Å². The van der Waals surface area contributed by atoms with Crippen LogP contribution in [0.15, 0.2) is 24.3 Å². The third-order valence-electron chi connectivity index (χ3n) is 3.31. The van der Waals surface area contributed by atoms with E-state index in [4.69, 9.17) is 0 Å². The Balaban J connectivity index is 2.79. The minimum Gasteiger partial charge on any atom is -0.508 e. The summed E-state index contributed by atoms with van der Waals surface area (Å²) in [5.41, 5.74) is 1.13. The van der Waals surface area contributed by atoms with E-state index in [9.17, 15) is 9.90 Å². The molecule has 1 rings (SSSR count). The van der Waals surface area contributed by atoms with Crippen molar-refractivity contribution in [1.29, 1.82) is 0 Å². The highest BCUT2D eigenvalue weighted by Gasteiger charge is 2.20. The lowest BCUT2D eigenvalue weighted by molar-refractivity contribution is -0.123. The van der Waals surface area contributed by atoms with Crippen molar-refractivity contribution in [1.82, 2.24) is 10.2 Å². The van der Waals surface area contributed by atoms with Crippen LogP contribution < -0.4 is 5.32 Å². The molecule has 2 N–H and O–H groups in total. The van der Waals surface area contributed by atoms with Gasteiger partial charge in [-0.15, -0.1) is 0 Å². The molecule has 4 nitrogen and oxygen atoms in total. The maximum Gasteiger partial charge on any atom is 0.234 e. The minimum atomic E-state index is 0.0547. The fraction of sp³-hybridized carbons (Fsp3) is 0.562. The van der Waals surface area contributed by atoms with E-state index in [0.29, 0.717) is 6.54 Å². The van der Waals surface area contributed by atoms with Gasteiger partial charge < -0.3 is 10.4 Å². The molecule has 1 atom stereocenters. The average molecular weight is 278 g/mol. The summed E-state index contributed by atoms with van der Waals surface area (Å²) < 4.78 is 0. The summed E-state index contributed by atoms with van der Waals surface area (Å²) in [5.74, 6) is 0.322. The number of phenolic OH excluding ortho intramolecular Hbond substituents is 1. The third-order valence-corrected chi connectivity index (χ3v) is 3.31. The lowest BCUT2D eigenvalue weighted by Crippen LogP contribution is -2.41. The molecule has 4 heteroatoms. The maximum atomic E-state index is 11.9. The van der Waals surface area contributed by atoms with Crippen LogP contribution >= 0.6 is 0 Å². The summed E-state index contributed by atoms with van der Waals surface area (Å²) in [7, 11) is 0. The first-order chi connectivity index (χ1) is 9.47. The highest BCUT2D eigenvalue weighted by atomic mass is 16.3. The van der Waals surface area contributed by atoms with E-state index in [-0.39, 0.29) is 23.7 Å². The highest BCUT2D eigenvalue weighted by Crippen LogP contribution is 2.25. The lowest BCUT2D eigenvalue weighted by Gasteiger charge is -2.30. The van der Waals surface area contributed by atoms with Crippen molar-refractivity contribution in [3.63, 3.8) is 0 Å². The molecule has 0 aromatic heterocycles. The van der Waals surface area contributed by atoms with Gasteiger partial charge in [0.25, 0.3) is 0 Å². The van der Waals surface area contributed by atoms with Crippen molar-refractivity contribution < 1.29 is 9.90 Å². The zero-order valence-corrected chi connectivity index (χ0v) is 12.9. The summed E-state index contributed by atoms with van der Waals surface area (Å²) in [4.78, 5) is 14.1. The van der Waals surface area contributed by atoms with Crippen molar-refractivity contribution in [3.8, 4) is 5.75 Å². The van der Waals surface area contributed by atoms with Crippen LogP contribution in [0.4, 0.5) is 0 Å². The fourth-order valence-corrected chi connectivity index (χ4v) is 2.40. The second kappa shape index (κ2) is 7.90. The molecule has 0 saturated heterocycles. The van der Waals surface area contributed by atoms with Crippen molar-refractivity contribution in [2.24, 2.45) is 0 Å². The van der Waals surface area contributed by atoms with Crippen molar-refractivity contribution in [3.05, 3.63) is 29.8 Å². The molecule has 0 bridgehead atoms. The highest BCUT2D eigenvalue weighted by molar-refractivity contribution is 5.78. The van der Waals surface area contributed by atoms with E-state index < -0.39 is 0 Å². The number of hydrogen-bond donors (Lipinski definition) is 2. The van der Waals surface area contributed by atoms with E-state index in [2.05, 4.69) is 24.1 Å². The van der Waals surface area contributed by atoms with E-state index >= 15 is 0 Å². The zero-order chi connectivity index (χ0) is 15.1. The Kier molecular flexibility index (Phi) is 6.52.